The van der Waals surface area contributed by atoms with Crippen LogP contribution in [0.1, 0.15) is 46.9 Å². The Kier molecular flexibility index (Phi) is 6.80. The first-order valence-corrected chi connectivity index (χ1v) is 11.7. The zero-order chi connectivity index (χ0) is 23.9. The van der Waals surface area contributed by atoms with Crippen LogP contribution in [0.25, 0.3) is 0 Å². The van der Waals surface area contributed by atoms with Gasteiger partial charge in [0.2, 0.25) is 0 Å². The molecular weight excluding hydrogens is 487 g/mol. The quantitative estimate of drug-likeness (QED) is 0.406. The summed E-state index contributed by atoms with van der Waals surface area (Å²) in [5.41, 5.74) is 0.209. The van der Waals surface area contributed by atoms with Crippen molar-refractivity contribution in [3.63, 3.8) is 0 Å². The van der Waals surface area contributed by atoms with Crippen molar-refractivity contribution in [2.75, 3.05) is 6.54 Å². The first kappa shape index (κ1) is 23.7. The summed E-state index contributed by atoms with van der Waals surface area (Å²) >= 11 is 18.3. The Balaban J connectivity index is 1.72. The number of hydrogen-bond donors (Lipinski definition) is 0. The number of hydrogen-bond acceptors (Lipinski definition) is 4. The molecule has 1 aliphatic carbocycles. The highest BCUT2D eigenvalue weighted by atomic mass is 35.5. The molecule has 2 aliphatic rings. The molecule has 1 saturated carbocycles. The van der Waals surface area contributed by atoms with Crippen LogP contribution in [0.4, 0.5) is 0 Å². The Morgan fingerprint density at radius 1 is 0.939 bits per heavy atom. The van der Waals surface area contributed by atoms with E-state index in [1.807, 2.05) is 6.92 Å². The summed E-state index contributed by atoms with van der Waals surface area (Å²) in [5.74, 6) is -2.89. The average molecular weight is 508 g/mol. The van der Waals surface area contributed by atoms with Gasteiger partial charge in [0.25, 0.3) is 17.7 Å². The van der Waals surface area contributed by atoms with Crippen molar-refractivity contribution < 1.29 is 19.2 Å². The second-order valence-corrected chi connectivity index (χ2v) is 9.76. The molecule has 33 heavy (non-hydrogen) atoms. The van der Waals surface area contributed by atoms with Gasteiger partial charge in [0.15, 0.2) is 5.78 Å². The lowest BCUT2D eigenvalue weighted by atomic mass is 9.76. The van der Waals surface area contributed by atoms with Crippen LogP contribution < -0.4 is 0 Å². The summed E-state index contributed by atoms with van der Waals surface area (Å²) < 4.78 is 0. The number of hydrazine groups is 1. The predicted octanol–water partition coefficient (Wildman–Crippen LogP) is 5.31. The van der Waals surface area contributed by atoms with Gasteiger partial charge < -0.3 is 0 Å². The molecular formula is C24H21Cl3N2O4. The molecule has 2 fully saturated rings. The highest BCUT2D eigenvalue weighted by Crippen LogP contribution is 2.41. The molecule has 1 saturated heterocycles. The Morgan fingerprint density at radius 2 is 1.64 bits per heavy atom. The minimum atomic E-state index is -0.715. The van der Waals surface area contributed by atoms with Gasteiger partial charge in [0, 0.05) is 10.6 Å². The van der Waals surface area contributed by atoms with Crippen molar-refractivity contribution >= 4 is 58.3 Å². The van der Waals surface area contributed by atoms with Crippen LogP contribution in [0.2, 0.25) is 15.1 Å². The molecule has 0 spiro atoms. The summed E-state index contributed by atoms with van der Waals surface area (Å²) in [6, 6.07) is 10.6. The van der Waals surface area contributed by atoms with Crippen LogP contribution in [-0.2, 0) is 9.59 Å². The summed E-state index contributed by atoms with van der Waals surface area (Å²) in [7, 11) is 0. The van der Waals surface area contributed by atoms with E-state index in [-0.39, 0.29) is 21.2 Å². The maximum absolute atomic E-state index is 13.5. The van der Waals surface area contributed by atoms with Crippen molar-refractivity contribution in [3.8, 4) is 0 Å². The van der Waals surface area contributed by atoms with E-state index in [0.717, 1.165) is 16.4 Å². The predicted molar refractivity (Wildman–Crippen MR) is 125 cm³/mol. The Bertz CT molecular complexity index is 1150. The molecule has 2 aromatic rings. The largest absolute Gasteiger partial charge is 0.292 e. The topological polar surface area (TPSA) is 74.8 Å². The molecule has 1 aliphatic heterocycles. The number of rotatable bonds is 5. The number of carbonyl (C=O) groups is 4. The maximum atomic E-state index is 13.5. The fourth-order valence-corrected chi connectivity index (χ4v) is 5.28. The second kappa shape index (κ2) is 9.45. The third-order valence-electron chi connectivity index (χ3n) is 6.27. The van der Waals surface area contributed by atoms with E-state index < -0.39 is 41.9 Å². The summed E-state index contributed by atoms with van der Waals surface area (Å²) in [5, 5.41) is 2.36. The van der Waals surface area contributed by atoms with Gasteiger partial charge in [-0.25, -0.2) is 5.01 Å². The number of ketones is 1. The first-order chi connectivity index (χ1) is 15.7. The van der Waals surface area contributed by atoms with Crippen molar-refractivity contribution in [2.45, 2.75) is 26.2 Å². The minimum Gasteiger partial charge on any atom is -0.292 e. The van der Waals surface area contributed by atoms with Gasteiger partial charge in [0.05, 0.1) is 27.4 Å². The van der Waals surface area contributed by atoms with Gasteiger partial charge in [-0.3, -0.25) is 19.2 Å². The van der Waals surface area contributed by atoms with Gasteiger partial charge >= 0.3 is 0 Å². The molecule has 0 bridgehead atoms. The van der Waals surface area contributed by atoms with Crippen LogP contribution in [0.5, 0.6) is 0 Å². The summed E-state index contributed by atoms with van der Waals surface area (Å²) in [4.78, 5) is 53.2. The van der Waals surface area contributed by atoms with E-state index in [1.54, 1.807) is 12.1 Å². The lowest BCUT2D eigenvalue weighted by molar-refractivity contribution is -0.154. The van der Waals surface area contributed by atoms with Crippen LogP contribution in [-0.4, -0.2) is 40.1 Å². The normalized spacial score (nSPS) is 22.3. The number of halogens is 3. The molecule has 9 heteroatoms. The average Bonchev–Trinajstić information content (AvgIpc) is 3.01. The molecule has 4 rings (SSSR count). The Morgan fingerprint density at radius 3 is 2.33 bits per heavy atom. The number of Topliss-reactive ketones (excluding diaryl/α,β-unsaturated/α-hetero) is 1. The summed E-state index contributed by atoms with van der Waals surface area (Å²) in [6.45, 7) is 1.48. The molecule has 0 unspecified atom stereocenters. The smallest absolute Gasteiger partial charge is 0.274 e. The number of imide groups is 1. The van der Waals surface area contributed by atoms with Crippen molar-refractivity contribution in [3.05, 3.63) is 68.7 Å². The number of fused-ring (bicyclic) bond motifs is 1. The van der Waals surface area contributed by atoms with Crippen LogP contribution >= 0.6 is 34.8 Å². The molecule has 172 valence electrons. The van der Waals surface area contributed by atoms with E-state index in [2.05, 4.69) is 0 Å². The number of carbonyl (C=O) groups excluding carboxylic acids is 4. The second-order valence-electron chi connectivity index (χ2n) is 8.51. The standard InChI is InChI=1S/C24H21Cl3N2O4/c1-13-6-8-15-18(10-13)24(33)29(23(15)32)28(22(31)17-4-2-3-5-19(17)26)12-21(30)16-9-7-14(25)11-20(16)27/h2-5,7,9,11,13,15,18H,6,8,10,12H2,1H3/t13-,15-,18+/m1/s1. The van der Waals surface area contributed by atoms with E-state index in [4.69, 9.17) is 34.8 Å². The first-order valence-electron chi connectivity index (χ1n) is 10.6. The number of benzene rings is 2. The van der Waals surface area contributed by atoms with Gasteiger partial charge in [-0.2, -0.15) is 5.01 Å². The maximum Gasteiger partial charge on any atom is 0.274 e. The monoisotopic (exact) mass is 506 g/mol. The molecule has 0 radical (unpaired) electrons. The van der Waals surface area contributed by atoms with Crippen molar-refractivity contribution in [1.82, 2.24) is 10.0 Å². The summed E-state index contributed by atoms with van der Waals surface area (Å²) in [6.07, 6.45) is 1.96. The number of nitrogens with zero attached hydrogens (tertiary/aromatic N) is 2. The van der Waals surface area contributed by atoms with E-state index in [9.17, 15) is 19.2 Å². The third-order valence-corrected chi connectivity index (χ3v) is 7.15. The van der Waals surface area contributed by atoms with Crippen LogP contribution in [0.15, 0.2) is 42.5 Å². The van der Waals surface area contributed by atoms with Crippen molar-refractivity contribution in [2.24, 2.45) is 17.8 Å². The fraction of sp³-hybridized carbons (Fsp3) is 0.333. The lowest BCUT2D eigenvalue weighted by Gasteiger charge is -2.30. The number of amides is 3. The van der Waals surface area contributed by atoms with Crippen LogP contribution in [0.3, 0.4) is 0 Å². The van der Waals surface area contributed by atoms with Crippen molar-refractivity contribution in [1.29, 1.82) is 0 Å². The minimum absolute atomic E-state index is 0.0815. The fourth-order valence-electron chi connectivity index (χ4n) is 4.55. The molecule has 3 atom stereocenters. The zero-order valence-corrected chi connectivity index (χ0v) is 20.0. The van der Waals surface area contributed by atoms with Crippen LogP contribution in [0, 0.1) is 17.8 Å². The molecule has 3 amide bonds. The Hall–Kier alpha value is -2.41. The SMILES string of the molecule is C[C@@H]1CC[C@H]2C(=O)N(N(CC(=O)c3ccc(Cl)cc3Cl)C(=O)c3ccccc3Cl)C(=O)[C@H]2C1. The highest BCUT2D eigenvalue weighted by Gasteiger charge is 2.53. The Labute approximate surface area is 206 Å². The molecule has 6 nitrogen and oxygen atoms in total. The van der Waals surface area contributed by atoms with E-state index >= 15 is 0 Å². The highest BCUT2D eigenvalue weighted by molar-refractivity contribution is 6.37. The van der Waals surface area contributed by atoms with Gasteiger partial charge in [-0.1, -0.05) is 53.9 Å². The lowest BCUT2D eigenvalue weighted by Crippen LogP contribution is -2.52. The molecule has 0 N–H and O–H groups in total. The van der Waals surface area contributed by atoms with Gasteiger partial charge in [-0.15, -0.1) is 0 Å². The van der Waals surface area contributed by atoms with Gasteiger partial charge in [0.1, 0.15) is 6.54 Å². The van der Waals surface area contributed by atoms with Gasteiger partial charge in [-0.05, 0) is 55.5 Å². The molecule has 1 heterocycles. The van der Waals surface area contributed by atoms with E-state index in [1.165, 1.54) is 30.3 Å². The zero-order valence-electron chi connectivity index (χ0n) is 17.8. The third kappa shape index (κ3) is 4.52. The molecule has 0 aromatic heterocycles. The van der Waals surface area contributed by atoms with E-state index in [0.29, 0.717) is 23.8 Å². The molecule has 2 aromatic carbocycles.